The maximum Gasteiger partial charge on any atom is 0.292 e. The molecule has 0 saturated carbocycles. The second-order valence-electron chi connectivity index (χ2n) is 4.21. The summed E-state index contributed by atoms with van der Waals surface area (Å²) in [5.74, 6) is -0.499. The van der Waals surface area contributed by atoms with E-state index in [4.69, 9.17) is 5.73 Å². The van der Waals surface area contributed by atoms with Gasteiger partial charge in [-0.3, -0.25) is 14.9 Å². The maximum absolute atomic E-state index is 11.5. The van der Waals surface area contributed by atoms with Crippen LogP contribution in [0.4, 0.5) is 11.4 Å². The summed E-state index contributed by atoms with van der Waals surface area (Å²) in [5, 5.41) is 14.1. The van der Waals surface area contributed by atoms with Gasteiger partial charge in [0.1, 0.15) is 11.7 Å². The summed E-state index contributed by atoms with van der Waals surface area (Å²) in [4.78, 5) is 23.8. The van der Waals surface area contributed by atoms with Crippen LogP contribution in [0.5, 0.6) is 0 Å². The van der Waals surface area contributed by atoms with Gasteiger partial charge in [-0.05, 0) is 12.1 Å². The molecule has 19 heavy (non-hydrogen) atoms. The minimum absolute atomic E-state index is 0.0312. The first kappa shape index (κ1) is 13.8. The highest BCUT2D eigenvalue weighted by Gasteiger charge is 2.31. The molecule has 1 saturated heterocycles. The monoisotopic (exact) mass is 328 g/mol. The summed E-state index contributed by atoms with van der Waals surface area (Å²) in [6, 6.07) is 4.07. The van der Waals surface area contributed by atoms with Crippen molar-refractivity contribution < 1.29 is 9.72 Å². The second kappa shape index (κ2) is 5.54. The summed E-state index contributed by atoms with van der Waals surface area (Å²) in [6.07, 6.45) is 0. The largest absolute Gasteiger partial charge is 0.368 e. The van der Waals surface area contributed by atoms with E-state index in [2.05, 4.69) is 21.2 Å². The topological polar surface area (TPSA) is 102 Å². The number of hydrogen-bond donors (Lipinski definition) is 2. The summed E-state index contributed by atoms with van der Waals surface area (Å²) in [5.41, 5.74) is 5.73. The number of piperazine rings is 1. The van der Waals surface area contributed by atoms with Crippen molar-refractivity contribution in [3.63, 3.8) is 0 Å². The molecule has 1 unspecified atom stereocenters. The van der Waals surface area contributed by atoms with Crippen molar-refractivity contribution in [2.24, 2.45) is 5.73 Å². The molecule has 1 aliphatic heterocycles. The molecule has 0 radical (unpaired) electrons. The minimum Gasteiger partial charge on any atom is -0.368 e. The van der Waals surface area contributed by atoms with Crippen LogP contribution in [0.15, 0.2) is 22.7 Å². The molecule has 0 spiro atoms. The number of nitrogens with zero attached hydrogens (tertiary/aromatic N) is 2. The van der Waals surface area contributed by atoms with Gasteiger partial charge in [0.05, 0.1) is 4.92 Å². The summed E-state index contributed by atoms with van der Waals surface area (Å²) >= 11 is 3.29. The molecule has 8 heteroatoms. The number of rotatable bonds is 3. The lowest BCUT2D eigenvalue weighted by Gasteiger charge is -2.35. The number of primary amides is 1. The van der Waals surface area contributed by atoms with Crippen LogP contribution in [-0.4, -0.2) is 36.5 Å². The number of halogens is 1. The molecule has 3 N–H and O–H groups in total. The summed E-state index contributed by atoms with van der Waals surface area (Å²) in [7, 11) is 0. The Morgan fingerprint density at radius 1 is 1.58 bits per heavy atom. The molecular weight excluding hydrogens is 316 g/mol. The van der Waals surface area contributed by atoms with E-state index in [1.807, 2.05) is 0 Å². The van der Waals surface area contributed by atoms with Gasteiger partial charge in [0.25, 0.3) is 5.69 Å². The first-order valence-corrected chi connectivity index (χ1v) is 6.50. The zero-order valence-electron chi connectivity index (χ0n) is 10.0. The Balaban J connectivity index is 2.46. The molecule has 7 nitrogen and oxygen atoms in total. The van der Waals surface area contributed by atoms with Crippen molar-refractivity contribution in [3.05, 3.63) is 32.8 Å². The van der Waals surface area contributed by atoms with Crippen LogP contribution < -0.4 is 16.0 Å². The predicted molar refractivity (Wildman–Crippen MR) is 74.0 cm³/mol. The molecule has 2 rings (SSSR count). The van der Waals surface area contributed by atoms with Crippen LogP contribution in [0.2, 0.25) is 0 Å². The molecule has 1 aromatic rings. The van der Waals surface area contributed by atoms with Crippen molar-refractivity contribution in [2.45, 2.75) is 6.04 Å². The highest BCUT2D eigenvalue weighted by molar-refractivity contribution is 9.10. The van der Waals surface area contributed by atoms with Gasteiger partial charge in [0.2, 0.25) is 5.91 Å². The fraction of sp³-hybridized carbons (Fsp3) is 0.364. The molecular formula is C11H13BrN4O3. The third-order valence-electron chi connectivity index (χ3n) is 3.02. The number of carbonyl (C=O) groups excluding carboxylic acids is 1. The number of carbonyl (C=O) groups is 1. The molecule has 0 aliphatic carbocycles. The van der Waals surface area contributed by atoms with E-state index in [0.717, 1.165) is 4.47 Å². The highest BCUT2D eigenvalue weighted by Crippen LogP contribution is 2.32. The smallest absolute Gasteiger partial charge is 0.292 e. The summed E-state index contributed by atoms with van der Waals surface area (Å²) in [6.45, 7) is 1.53. The standard InChI is InChI=1S/C11H13BrN4O3/c12-7-1-2-8(16(18)19)9(5-7)15-4-3-14-6-10(15)11(13)17/h1-2,5,10,14H,3-4,6H2,(H2,13,17). The van der Waals surface area contributed by atoms with Gasteiger partial charge in [-0.25, -0.2) is 0 Å². The van der Waals surface area contributed by atoms with Crippen molar-refractivity contribution in [3.8, 4) is 0 Å². The van der Waals surface area contributed by atoms with Crippen LogP contribution >= 0.6 is 15.9 Å². The Hall–Kier alpha value is -1.67. The number of benzene rings is 1. The lowest BCUT2D eigenvalue weighted by molar-refractivity contribution is -0.384. The first-order valence-electron chi connectivity index (χ1n) is 5.71. The lowest BCUT2D eigenvalue weighted by atomic mass is 10.1. The number of amides is 1. The molecule has 1 amide bonds. The Kier molecular flexibility index (Phi) is 4.01. The number of nitro benzene ring substituents is 1. The van der Waals surface area contributed by atoms with Crippen molar-refractivity contribution in [1.82, 2.24) is 5.32 Å². The predicted octanol–water partition coefficient (Wildman–Crippen LogP) is 0.621. The van der Waals surface area contributed by atoms with Gasteiger partial charge in [-0.15, -0.1) is 0 Å². The van der Waals surface area contributed by atoms with Crippen LogP contribution in [0.3, 0.4) is 0 Å². The molecule has 0 bridgehead atoms. The van der Waals surface area contributed by atoms with Gasteiger partial charge < -0.3 is 16.0 Å². The maximum atomic E-state index is 11.5. The van der Waals surface area contributed by atoms with Crippen LogP contribution in [-0.2, 0) is 4.79 Å². The van der Waals surface area contributed by atoms with Gasteiger partial charge in [-0.2, -0.15) is 0 Å². The Morgan fingerprint density at radius 2 is 2.32 bits per heavy atom. The quantitative estimate of drug-likeness (QED) is 0.625. The van der Waals surface area contributed by atoms with E-state index in [1.165, 1.54) is 6.07 Å². The normalized spacial score (nSPS) is 19.2. The first-order chi connectivity index (χ1) is 9.00. The molecule has 1 heterocycles. The van der Waals surface area contributed by atoms with Gasteiger partial charge >= 0.3 is 0 Å². The van der Waals surface area contributed by atoms with E-state index in [-0.39, 0.29) is 5.69 Å². The van der Waals surface area contributed by atoms with Gasteiger partial charge in [0.15, 0.2) is 0 Å². The van der Waals surface area contributed by atoms with Crippen LogP contribution in [0.25, 0.3) is 0 Å². The van der Waals surface area contributed by atoms with Crippen molar-refractivity contribution in [1.29, 1.82) is 0 Å². The molecule has 0 aromatic heterocycles. The zero-order chi connectivity index (χ0) is 14.0. The van der Waals surface area contributed by atoms with E-state index in [1.54, 1.807) is 17.0 Å². The van der Waals surface area contributed by atoms with E-state index >= 15 is 0 Å². The molecule has 1 aliphatic rings. The molecule has 1 fully saturated rings. The average molecular weight is 329 g/mol. The minimum atomic E-state index is -0.582. The van der Waals surface area contributed by atoms with Gasteiger partial charge in [0, 0.05) is 30.2 Å². The Morgan fingerprint density at radius 3 is 2.95 bits per heavy atom. The number of nitrogens with two attached hydrogens (primary N) is 1. The Bertz CT molecular complexity index is 523. The number of anilines is 1. The fourth-order valence-electron chi connectivity index (χ4n) is 2.13. The average Bonchev–Trinajstić information content (AvgIpc) is 2.38. The second-order valence-corrected chi connectivity index (χ2v) is 5.12. The molecule has 1 atom stereocenters. The Labute approximate surface area is 118 Å². The molecule has 1 aromatic carbocycles. The third-order valence-corrected chi connectivity index (χ3v) is 3.51. The third kappa shape index (κ3) is 2.85. The van der Waals surface area contributed by atoms with Crippen LogP contribution in [0.1, 0.15) is 0 Å². The fourth-order valence-corrected chi connectivity index (χ4v) is 2.48. The van der Waals surface area contributed by atoms with Gasteiger partial charge in [-0.1, -0.05) is 15.9 Å². The number of nitrogens with one attached hydrogen (secondary N) is 1. The van der Waals surface area contributed by atoms with E-state index < -0.39 is 16.9 Å². The SMILES string of the molecule is NC(=O)C1CNCCN1c1cc(Br)ccc1[N+](=O)[O-]. The molecule has 102 valence electrons. The van der Waals surface area contributed by atoms with Crippen LogP contribution in [0, 0.1) is 10.1 Å². The lowest BCUT2D eigenvalue weighted by Crippen LogP contribution is -2.57. The van der Waals surface area contributed by atoms with E-state index in [9.17, 15) is 14.9 Å². The number of nitro groups is 1. The number of hydrogen-bond acceptors (Lipinski definition) is 5. The van der Waals surface area contributed by atoms with Crippen molar-refractivity contribution in [2.75, 3.05) is 24.5 Å². The van der Waals surface area contributed by atoms with Crippen molar-refractivity contribution >= 4 is 33.2 Å². The summed E-state index contributed by atoms with van der Waals surface area (Å²) < 4.78 is 0.717. The van der Waals surface area contributed by atoms with E-state index in [0.29, 0.717) is 25.3 Å². The zero-order valence-corrected chi connectivity index (χ0v) is 11.6. The highest BCUT2D eigenvalue weighted by atomic mass is 79.9.